The molecule has 0 atom stereocenters. The Hall–Kier alpha value is -2.24. The summed E-state index contributed by atoms with van der Waals surface area (Å²) in [7, 11) is 0. The molecule has 0 fully saturated rings. The van der Waals surface area contributed by atoms with Crippen LogP contribution in [-0.2, 0) is 0 Å². The van der Waals surface area contributed by atoms with Gasteiger partial charge in [0.15, 0.2) is 11.6 Å². The number of hydrogen-bond acceptors (Lipinski definition) is 4. The van der Waals surface area contributed by atoms with E-state index in [4.69, 9.17) is 4.74 Å². The van der Waals surface area contributed by atoms with Gasteiger partial charge >= 0.3 is 0 Å². The van der Waals surface area contributed by atoms with Crippen molar-refractivity contribution in [3.63, 3.8) is 0 Å². The summed E-state index contributed by atoms with van der Waals surface area (Å²) in [6, 6.07) is 5.49. The first kappa shape index (κ1) is 12.2. The fourth-order valence-electron chi connectivity index (χ4n) is 1.40. The second-order valence-corrected chi connectivity index (χ2v) is 3.43. The number of halogens is 2. The zero-order chi connectivity index (χ0) is 13.0. The van der Waals surface area contributed by atoms with Crippen LogP contribution in [0.5, 0.6) is 5.75 Å². The highest BCUT2D eigenvalue weighted by Gasteiger charge is 2.05. The molecule has 2 rings (SSSR count). The van der Waals surface area contributed by atoms with E-state index in [1.165, 1.54) is 12.1 Å². The maximum absolute atomic E-state index is 13.5. The predicted octanol–water partition coefficient (Wildman–Crippen LogP) is 2.90. The molecule has 1 aromatic carbocycles. The van der Waals surface area contributed by atoms with Gasteiger partial charge < -0.3 is 10.1 Å². The number of rotatable bonds is 4. The summed E-state index contributed by atoms with van der Waals surface area (Å²) in [4.78, 5) is 7.13. The summed E-state index contributed by atoms with van der Waals surface area (Å²) >= 11 is 0. The smallest absolute Gasteiger partial charge is 0.218 e. The van der Waals surface area contributed by atoms with Gasteiger partial charge in [0.25, 0.3) is 0 Å². The van der Waals surface area contributed by atoms with Crippen molar-refractivity contribution in [3.8, 4) is 5.75 Å². The maximum atomic E-state index is 13.5. The molecule has 0 amide bonds. The summed E-state index contributed by atoms with van der Waals surface area (Å²) in [6.07, 6.45) is 1.09. The lowest BCUT2D eigenvalue weighted by Crippen LogP contribution is -1.98. The zero-order valence-electron chi connectivity index (χ0n) is 9.65. The quantitative estimate of drug-likeness (QED) is 0.849. The van der Waals surface area contributed by atoms with Crippen LogP contribution in [0.1, 0.15) is 6.92 Å². The van der Waals surface area contributed by atoms with E-state index in [-0.39, 0.29) is 11.6 Å². The molecule has 18 heavy (non-hydrogen) atoms. The largest absolute Gasteiger partial charge is 0.491 e. The Morgan fingerprint density at radius 2 is 2.06 bits per heavy atom. The number of benzene rings is 1. The van der Waals surface area contributed by atoms with Gasteiger partial charge in [-0.25, -0.2) is 14.4 Å². The van der Waals surface area contributed by atoms with Crippen LogP contribution in [0.15, 0.2) is 30.6 Å². The fraction of sp³-hybridized carbons (Fsp3) is 0.167. The van der Waals surface area contributed by atoms with E-state index in [2.05, 4.69) is 15.3 Å². The SMILES string of the molecule is CCOc1ccc(Nc2cc(F)ncn2)cc1F. The molecule has 0 aliphatic carbocycles. The number of hydrogen-bond donors (Lipinski definition) is 1. The zero-order valence-corrected chi connectivity index (χ0v) is 9.65. The van der Waals surface area contributed by atoms with E-state index in [0.717, 1.165) is 12.4 Å². The Bertz CT molecular complexity index is 549. The number of nitrogens with zero attached hydrogens (tertiary/aromatic N) is 2. The van der Waals surface area contributed by atoms with E-state index < -0.39 is 11.8 Å². The molecule has 1 N–H and O–H groups in total. The number of nitrogens with one attached hydrogen (secondary N) is 1. The third-order valence-corrected chi connectivity index (χ3v) is 2.14. The van der Waals surface area contributed by atoms with E-state index in [1.807, 2.05) is 0 Å². The molecule has 94 valence electrons. The molecule has 6 heteroatoms. The van der Waals surface area contributed by atoms with E-state index in [1.54, 1.807) is 13.0 Å². The van der Waals surface area contributed by atoms with Crippen molar-refractivity contribution in [2.75, 3.05) is 11.9 Å². The maximum Gasteiger partial charge on any atom is 0.218 e. The summed E-state index contributed by atoms with van der Waals surface area (Å²) in [6.45, 7) is 2.16. The van der Waals surface area contributed by atoms with Gasteiger partial charge in [0.05, 0.1) is 6.61 Å². The molecular weight excluding hydrogens is 240 g/mol. The number of ether oxygens (including phenoxy) is 1. The van der Waals surface area contributed by atoms with Gasteiger partial charge in [-0.2, -0.15) is 4.39 Å². The van der Waals surface area contributed by atoms with E-state index in [0.29, 0.717) is 12.3 Å². The lowest BCUT2D eigenvalue weighted by molar-refractivity contribution is 0.321. The Kier molecular flexibility index (Phi) is 3.66. The molecule has 0 aliphatic heterocycles. The average molecular weight is 251 g/mol. The van der Waals surface area contributed by atoms with Gasteiger partial charge in [-0.3, -0.25) is 0 Å². The van der Waals surface area contributed by atoms with Crippen LogP contribution in [0.2, 0.25) is 0 Å². The van der Waals surface area contributed by atoms with Crippen molar-refractivity contribution in [1.82, 2.24) is 9.97 Å². The highest BCUT2D eigenvalue weighted by molar-refractivity contribution is 5.57. The normalized spacial score (nSPS) is 10.2. The van der Waals surface area contributed by atoms with Crippen molar-refractivity contribution in [2.24, 2.45) is 0 Å². The highest BCUT2D eigenvalue weighted by Crippen LogP contribution is 2.23. The number of anilines is 2. The lowest BCUT2D eigenvalue weighted by Gasteiger charge is -2.08. The first-order chi connectivity index (χ1) is 8.69. The Balaban J connectivity index is 2.17. The molecule has 0 bridgehead atoms. The van der Waals surface area contributed by atoms with E-state index >= 15 is 0 Å². The standard InChI is InChI=1S/C12H11F2N3O/c1-2-18-10-4-3-8(5-9(10)13)17-12-6-11(14)15-7-16-12/h3-7H,2H2,1H3,(H,15,16,17). The molecule has 0 radical (unpaired) electrons. The van der Waals surface area contributed by atoms with Crippen LogP contribution in [0.3, 0.4) is 0 Å². The van der Waals surface area contributed by atoms with Crippen molar-refractivity contribution in [1.29, 1.82) is 0 Å². The van der Waals surface area contributed by atoms with E-state index in [9.17, 15) is 8.78 Å². The van der Waals surface area contributed by atoms with Crippen molar-refractivity contribution >= 4 is 11.5 Å². The monoisotopic (exact) mass is 251 g/mol. The molecule has 2 aromatic rings. The highest BCUT2D eigenvalue weighted by atomic mass is 19.1. The molecule has 0 spiro atoms. The summed E-state index contributed by atoms with van der Waals surface area (Å²) < 4.78 is 31.4. The average Bonchev–Trinajstić information content (AvgIpc) is 2.33. The van der Waals surface area contributed by atoms with Gasteiger partial charge in [-0.15, -0.1) is 0 Å². The summed E-state index contributed by atoms with van der Waals surface area (Å²) in [5.41, 5.74) is 0.453. The van der Waals surface area contributed by atoms with Crippen LogP contribution >= 0.6 is 0 Å². The minimum atomic E-state index is -0.654. The Morgan fingerprint density at radius 3 is 2.72 bits per heavy atom. The van der Waals surface area contributed by atoms with Crippen LogP contribution in [0, 0.1) is 11.8 Å². The number of aromatic nitrogens is 2. The van der Waals surface area contributed by atoms with Crippen LogP contribution in [0.4, 0.5) is 20.3 Å². The second kappa shape index (κ2) is 5.39. The van der Waals surface area contributed by atoms with Gasteiger partial charge in [0, 0.05) is 17.8 Å². The third kappa shape index (κ3) is 2.91. The summed E-state index contributed by atoms with van der Waals surface area (Å²) in [5, 5.41) is 2.77. The Labute approximate surface area is 103 Å². The van der Waals surface area contributed by atoms with Crippen molar-refractivity contribution < 1.29 is 13.5 Å². The molecule has 4 nitrogen and oxygen atoms in total. The molecule has 0 saturated heterocycles. The van der Waals surface area contributed by atoms with Crippen LogP contribution in [0.25, 0.3) is 0 Å². The van der Waals surface area contributed by atoms with Crippen molar-refractivity contribution in [2.45, 2.75) is 6.92 Å². The van der Waals surface area contributed by atoms with Gasteiger partial charge in [0.1, 0.15) is 12.1 Å². The van der Waals surface area contributed by atoms with Gasteiger partial charge in [-0.05, 0) is 19.1 Å². The minimum Gasteiger partial charge on any atom is -0.491 e. The second-order valence-electron chi connectivity index (χ2n) is 3.43. The van der Waals surface area contributed by atoms with Crippen molar-refractivity contribution in [3.05, 3.63) is 42.4 Å². The predicted molar refractivity (Wildman–Crippen MR) is 62.8 cm³/mol. The third-order valence-electron chi connectivity index (χ3n) is 2.14. The lowest BCUT2D eigenvalue weighted by atomic mass is 10.3. The Morgan fingerprint density at radius 1 is 1.22 bits per heavy atom. The molecule has 0 aliphatic rings. The van der Waals surface area contributed by atoms with Crippen LogP contribution in [-0.4, -0.2) is 16.6 Å². The molecule has 0 saturated carbocycles. The summed E-state index contributed by atoms with van der Waals surface area (Å²) in [5.74, 6) is -0.710. The van der Waals surface area contributed by atoms with Gasteiger partial charge in [0.2, 0.25) is 5.95 Å². The first-order valence-corrected chi connectivity index (χ1v) is 5.36. The first-order valence-electron chi connectivity index (χ1n) is 5.36. The molecule has 1 heterocycles. The molecular formula is C12H11F2N3O. The molecule has 1 aromatic heterocycles. The topological polar surface area (TPSA) is 47.0 Å². The fourth-order valence-corrected chi connectivity index (χ4v) is 1.40. The molecule has 0 unspecified atom stereocenters. The van der Waals surface area contributed by atoms with Gasteiger partial charge in [-0.1, -0.05) is 0 Å². The minimum absolute atomic E-state index is 0.178. The van der Waals surface area contributed by atoms with Crippen LogP contribution < -0.4 is 10.1 Å².